The first-order valence-corrected chi connectivity index (χ1v) is 2.86. The van der Waals surface area contributed by atoms with E-state index < -0.39 is 6.01 Å². The topological polar surface area (TPSA) is 83.5 Å². The number of nitrogens with zero attached hydrogens (tertiary/aromatic N) is 4. The highest BCUT2D eigenvalue weighted by Gasteiger charge is 2.04. The molecule has 0 aliphatic rings. The summed E-state index contributed by atoms with van der Waals surface area (Å²) in [5.41, 5.74) is 0.225. The third-order valence-electron chi connectivity index (χ3n) is 1.22. The summed E-state index contributed by atoms with van der Waals surface area (Å²) >= 11 is 0. The maximum atomic E-state index is 9.05. The largest absolute Gasteiger partial charge is 0.490 e. The van der Waals surface area contributed by atoms with E-state index in [4.69, 9.17) is 10.2 Å². The molecule has 11 heavy (non-hydrogen) atoms. The van der Waals surface area contributed by atoms with Gasteiger partial charge in [0.15, 0.2) is 0 Å². The van der Waals surface area contributed by atoms with Gasteiger partial charge in [-0.15, -0.1) is 5.10 Å². The van der Waals surface area contributed by atoms with Gasteiger partial charge in [-0.25, -0.2) is 9.50 Å². The minimum Gasteiger partial charge on any atom is -0.490 e. The molecule has 0 unspecified atom stereocenters. The summed E-state index contributed by atoms with van der Waals surface area (Å²) in [5, 5.41) is 21.4. The maximum absolute atomic E-state index is 9.05. The van der Waals surface area contributed by atoms with Crippen LogP contribution in [0.5, 0.6) is 11.9 Å². The van der Waals surface area contributed by atoms with Gasteiger partial charge in [0, 0.05) is 12.4 Å². The predicted octanol–water partition coefficient (Wildman–Crippen LogP) is -0.465. The lowest BCUT2D eigenvalue weighted by Crippen LogP contribution is -1.92. The number of aromatic hydroxyl groups is 2. The molecule has 0 aromatic carbocycles. The van der Waals surface area contributed by atoms with Crippen LogP contribution in [0, 0.1) is 0 Å². The average molecular weight is 152 g/mol. The second-order valence-corrected chi connectivity index (χ2v) is 1.93. The van der Waals surface area contributed by atoms with Crippen molar-refractivity contribution in [2.45, 2.75) is 0 Å². The molecule has 2 heterocycles. The van der Waals surface area contributed by atoms with E-state index in [1.807, 2.05) is 0 Å². The Bertz CT molecular complexity index is 396. The molecular weight excluding hydrogens is 148 g/mol. The van der Waals surface area contributed by atoms with Gasteiger partial charge in [0.25, 0.3) is 5.88 Å². The van der Waals surface area contributed by atoms with Crippen molar-refractivity contribution in [2.24, 2.45) is 0 Å². The van der Waals surface area contributed by atoms with Crippen LogP contribution in [0.1, 0.15) is 0 Å². The third-order valence-corrected chi connectivity index (χ3v) is 1.22. The van der Waals surface area contributed by atoms with Gasteiger partial charge in [-0.1, -0.05) is 0 Å². The lowest BCUT2D eigenvalue weighted by molar-refractivity contribution is 0.388. The molecule has 2 aromatic heterocycles. The van der Waals surface area contributed by atoms with E-state index in [-0.39, 0.29) is 11.5 Å². The Morgan fingerprint density at radius 1 is 1.36 bits per heavy atom. The zero-order valence-electron chi connectivity index (χ0n) is 5.34. The van der Waals surface area contributed by atoms with E-state index in [1.165, 1.54) is 16.9 Å². The number of rotatable bonds is 0. The van der Waals surface area contributed by atoms with Crippen molar-refractivity contribution in [3.8, 4) is 11.9 Å². The molecule has 0 aliphatic heterocycles. The van der Waals surface area contributed by atoms with Crippen molar-refractivity contribution in [1.82, 2.24) is 19.6 Å². The molecule has 6 nitrogen and oxygen atoms in total. The smallest absolute Gasteiger partial charge is 0.335 e. The van der Waals surface area contributed by atoms with Crippen LogP contribution in [0.3, 0.4) is 0 Å². The van der Waals surface area contributed by atoms with Gasteiger partial charge in [0.2, 0.25) is 5.65 Å². The second kappa shape index (κ2) is 1.82. The summed E-state index contributed by atoms with van der Waals surface area (Å²) in [5.74, 6) is -0.331. The van der Waals surface area contributed by atoms with Gasteiger partial charge in [0.05, 0.1) is 0 Å². The fraction of sp³-hybridized carbons (Fsp3) is 0. The second-order valence-electron chi connectivity index (χ2n) is 1.93. The molecule has 0 atom stereocenters. The lowest BCUT2D eigenvalue weighted by Gasteiger charge is -1.94. The Morgan fingerprint density at radius 2 is 2.18 bits per heavy atom. The van der Waals surface area contributed by atoms with Crippen LogP contribution in [0.25, 0.3) is 5.65 Å². The molecule has 56 valence electrons. The normalized spacial score (nSPS) is 10.5. The van der Waals surface area contributed by atoms with Gasteiger partial charge >= 0.3 is 6.01 Å². The minimum atomic E-state index is -0.479. The van der Waals surface area contributed by atoms with Crippen molar-refractivity contribution in [2.75, 3.05) is 0 Å². The maximum Gasteiger partial charge on any atom is 0.335 e. The van der Waals surface area contributed by atoms with E-state index in [2.05, 4.69) is 15.1 Å². The van der Waals surface area contributed by atoms with Crippen LogP contribution in [-0.2, 0) is 0 Å². The van der Waals surface area contributed by atoms with E-state index in [1.54, 1.807) is 0 Å². The van der Waals surface area contributed by atoms with Gasteiger partial charge < -0.3 is 10.2 Å². The molecule has 0 saturated carbocycles. The van der Waals surface area contributed by atoms with E-state index in [9.17, 15) is 0 Å². The molecule has 0 bridgehead atoms. The molecule has 2 rings (SSSR count). The van der Waals surface area contributed by atoms with Crippen molar-refractivity contribution >= 4 is 5.65 Å². The van der Waals surface area contributed by atoms with E-state index in [0.29, 0.717) is 0 Å². The Labute approximate surface area is 60.8 Å². The standard InChI is InChI=1S/C5H4N4O2/c10-4-3-6-1-2-9(3)8-5(11)7-4/h1-2H,(H2,7,8,10,11). The van der Waals surface area contributed by atoms with Crippen molar-refractivity contribution < 1.29 is 10.2 Å². The van der Waals surface area contributed by atoms with Crippen LogP contribution >= 0.6 is 0 Å². The Balaban J connectivity index is 2.91. The lowest BCUT2D eigenvalue weighted by atomic mass is 10.7. The first-order chi connectivity index (χ1) is 5.27. The zero-order chi connectivity index (χ0) is 7.84. The first-order valence-electron chi connectivity index (χ1n) is 2.86. The molecule has 2 aromatic rings. The molecule has 0 amide bonds. The number of imidazole rings is 1. The summed E-state index contributed by atoms with van der Waals surface area (Å²) < 4.78 is 1.23. The molecule has 0 saturated heterocycles. The molecule has 0 fully saturated rings. The van der Waals surface area contributed by atoms with Crippen molar-refractivity contribution in [1.29, 1.82) is 0 Å². The van der Waals surface area contributed by atoms with Crippen molar-refractivity contribution in [3.63, 3.8) is 0 Å². The summed E-state index contributed by atoms with van der Waals surface area (Å²) in [4.78, 5) is 7.03. The first kappa shape index (κ1) is 5.90. The average Bonchev–Trinajstić information content (AvgIpc) is 2.34. The summed E-state index contributed by atoms with van der Waals surface area (Å²) in [7, 11) is 0. The molecule has 6 heteroatoms. The van der Waals surface area contributed by atoms with Crippen LogP contribution in [0.2, 0.25) is 0 Å². The van der Waals surface area contributed by atoms with Crippen LogP contribution in [0.4, 0.5) is 0 Å². The number of hydrogen-bond acceptors (Lipinski definition) is 5. The third kappa shape index (κ3) is 0.759. The number of fused-ring (bicyclic) bond motifs is 1. The van der Waals surface area contributed by atoms with Crippen LogP contribution in [-0.4, -0.2) is 29.8 Å². The van der Waals surface area contributed by atoms with Crippen LogP contribution in [0.15, 0.2) is 12.4 Å². The predicted molar refractivity (Wildman–Crippen MR) is 34.1 cm³/mol. The molecule has 2 N–H and O–H groups in total. The van der Waals surface area contributed by atoms with Gasteiger partial charge in [0.1, 0.15) is 0 Å². The zero-order valence-corrected chi connectivity index (χ0v) is 5.34. The summed E-state index contributed by atoms with van der Waals surface area (Å²) in [6.07, 6.45) is 2.94. The van der Waals surface area contributed by atoms with Gasteiger partial charge in [-0.3, -0.25) is 0 Å². The fourth-order valence-electron chi connectivity index (χ4n) is 0.801. The number of aromatic nitrogens is 4. The van der Waals surface area contributed by atoms with Crippen LogP contribution < -0.4 is 0 Å². The van der Waals surface area contributed by atoms with Crippen molar-refractivity contribution in [3.05, 3.63) is 12.4 Å². The van der Waals surface area contributed by atoms with Gasteiger partial charge in [-0.2, -0.15) is 4.98 Å². The molecule has 0 aliphatic carbocycles. The highest BCUT2D eigenvalue weighted by molar-refractivity contribution is 5.46. The SMILES string of the molecule is Oc1nc(O)c2nccn2n1. The fourth-order valence-corrected chi connectivity index (χ4v) is 0.801. The quantitative estimate of drug-likeness (QED) is 0.533. The molecule has 0 radical (unpaired) electrons. The highest BCUT2D eigenvalue weighted by Crippen LogP contribution is 2.13. The molecular formula is C5H4N4O2. The minimum absolute atomic E-state index is 0.225. The Hall–Kier alpha value is -1.85. The Morgan fingerprint density at radius 3 is 3.00 bits per heavy atom. The summed E-state index contributed by atoms with van der Waals surface area (Å²) in [6, 6.07) is -0.479. The summed E-state index contributed by atoms with van der Waals surface area (Å²) in [6.45, 7) is 0. The molecule has 0 spiro atoms. The highest BCUT2D eigenvalue weighted by atomic mass is 16.3. The van der Waals surface area contributed by atoms with E-state index >= 15 is 0 Å². The van der Waals surface area contributed by atoms with Gasteiger partial charge in [-0.05, 0) is 0 Å². The Kier molecular flexibility index (Phi) is 0.974. The number of hydrogen-bond donors (Lipinski definition) is 2. The van der Waals surface area contributed by atoms with E-state index in [0.717, 1.165) is 0 Å². The monoisotopic (exact) mass is 152 g/mol.